The van der Waals surface area contributed by atoms with E-state index in [1.54, 1.807) is 54.2 Å². The minimum atomic E-state index is -0.411. The number of amides is 9. The fourth-order valence-electron chi connectivity index (χ4n) is 14.8. The van der Waals surface area contributed by atoms with Gasteiger partial charge in [-0.05, 0) is 148 Å². The lowest BCUT2D eigenvalue weighted by Gasteiger charge is -2.29. The van der Waals surface area contributed by atoms with Crippen LogP contribution in [-0.2, 0) is 80.3 Å². The number of aryl methyl sites for hydroxylation is 5. The summed E-state index contributed by atoms with van der Waals surface area (Å²) in [5, 5.41) is 36.8. The average Bonchev–Trinajstić information content (AvgIpc) is 0.875. The predicted molar refractivity (Wildman–Crippen MR) is 405 cm³/mol. The third-order valence-corrected chi connectivity index (χ3v) is 21.0. The molecule has 13 rings (SSSR count). The molecule has 7 aliphatic heterocycles. The number of fused-ring (bicyclic) bond motifs is 3. The van der Waals surface area contributed by atoms with E-state index >= 15 is 0 Å². The number of nitriles is 3. The highest BCUT2D eigenvalue weighted by molar-refractivity contribution is 6.04. The van der Waals surface area contributed by atoms with Crippen LogP contribution in [0.4, 0.5) is 55.0 Å². The molecular formula is C79H91N19O12. The summed E-state index contributed by atoms with van der Waals surface area (Å²) >= 11 is 0. The summed E-state index contributed by atoms with van der Waals surface area (Å²) in [6.07, 6.45) is 16.9. The van der Waals surface area contributed by atoms with Crippen molar-refractivity contribution in [3.8, 4) is 18.2 Å². The molecule has 13 heterocycles. The minimum absolute atomic E-state index is 0.00853. The molecule has 6 aromatic rings. The largest absolute Gasteiger partial charge is 0.385 e. The zero-order chi connectivity index (χ0) is 78.1. The zero-order valence-corrected chi connectivity index (χ0v) is 62.9. The van der Waals surface area contributed by atoms with E-state index in [2.05, 4.69) is 69.0 Å². The normalized spacial score (nSPS) is 18.4. The standard InChI is InChI=1S/C27H31N7O4.2C26H30N6O4/c1-17-5-8-33(26(17)36)14-19-10-18-4-3-7-34(25(18)30-22(19)16-35)27(37)31-24-11-23(20(12-28)13-29-24)32-9-6-21(15-32)38-2;2*1-17-7-9-31(25(17)34)15-20-11-19-5-3-8-32(24(19)29-22(20)16-33)26(35)30-23-12-18(6-4-10-36-2)21(13-27)14-28-23/h10-11,13,16-17,21H,3-9,14-15H2,1-2H3,(H,29,31,37);2*11-12,14,16-17H,3-10,15H2,1-2H3,(H,28,30,35)/t17-,21-;2*17-/m010/s1. The average molecular weight is 1500 g/mol. The van der Waals surface area contributed by atoms with E-state index in [9.17, 15) is 58.9 Å². The Hall–Kier alpha value is -11.7. The monoisotopic (exact) mass is 1500 g/mol. The van der Waals surface area contributed by atoms with E-state index in [1.165, 1.54) is 33.3 Å². The lowest BCUT2D eigenvalue weighted by molar-refractivity contribution is -0.131. The Morgan fingerprint density at radius 1 is 0.482 bits per heavy atom. The van der Waals surface area contributed by atoms with Crippen LogP contribution in [0.1, 0.15) is 171 Å². The second kappa shape index (κ2) is 36.9. The molecule has 4 saturated heterocycles. The first-order chi connectivity index (χ1) is 53.3. The van der Waals surface area contributed by atoms with Crippen molar-refractivity contribution in [2.75, 3.05) is 122 Å². The van der Waals surface area contributed by atoms with Gasteiger partial charge in [0.05, 0.1) is 28.5 Å². The first kappa shape index (κ1) is 79.3. The highest BCUT2D eigenvalue weighted by Crippen LogP contribution is 2.35. The van der Waals surface area contributed by atoms with Crippen molar-refractivity contribution in [3.63, 3.8) is 0 Å². The van der Waals surface area contributed by atoms with Crippen LogP contribution < -0.4 is 35.6 Å². The van der Waals surface area contributed by atoms with Crippen molar-refractivity contribution in [3.05, 3.63) is 133 Å². The Morgan fingerprint density at radius 2 is 0.836 bits per heavy atom. The number of aromatic nitrogens is 6. The highest BCUT2D eigenvalue weighted by atomic mass is 16.5. The molecule has 0 unspecified atom stereocenters. The molecule has 0 aromatic carbocycles. The number of nitrogens with one attached hydrogen (secondary N) is 3. The quantitative estimate of drug-likeness (QED) is 0.0421. The summed E-state index contributed by atoms with van der Waals surface area (Å²) in [7, 11) is 4.92. The van der Waals surface area contributed by atoms with Crippen LogP contribution in [0.15, 0.2) is 55.0 Å². The molecule has 6 aromatic heterocycles. The van der Waals surface area contributed by atoms with E-state index in [4.69, 9.17) is 14.2 Å². The van der Waals surface area contributed by atoms with Gasteiger partial charge >= 0.3 is 18.1 Å². The molecule has 31 nitrogen and oxygen atoms in total. The molecule has 9 amide bonds. The molecule has 0 aliphatic carbocycles. The van der Waals surface area contributed by atoms with E-state index in [0.717, 1.165) is 111 Å². The summed E-state index contributed by atoms with van der Waals surface area (Å²) in [6.45, 7) is 12.6. The highest BCUT2D eigenvalue weighted by Gasteiger charge is 2.36. The molecule has 574 valence electrons. The number of aldehydes is 3. The predicted octanol–water partition coefficient (Wildman–Crippen LogP) is 8.92. The zero-order valence-electron chi connectivity index (χ0n) is 62.9. The van der Waals surface area contributed by atoms with Gasteiger partial charge in [0.2, 0.25) is 17.7 Å². The number of hydrogen-bond acceptors (Lipinski definition) is 22. The molecule has 110 heavy (non-hydrogen) atoms. The number of hydrogen-bond donors (Lipinski definition) is 3. The number of anilines is 7. The van der Waals surface area contributed by atoms with Crippen molar-refractivity contribution >= 4 is 95.3 Å². The van der Waals surface area contributed by atoms with Gasteiger partial charge in [-0.1, -0.05) is 20.8 Å². The third-order valence-electron chi connectivity index (χ3n) is 21.0. The van der Waals surface area contributed by atoms with Crippen LogP contribution in [0, 0.1) is 51.7 Å². The van der Waals surface area contributed by atoms with Gasteiger partial charge in [0.15, 0.2) is 18.9 Å². The maximum Gasteiger partial charge on any atom is 0.328 e. The summed E-state index contributed by atoms with van der Waals surface area (Å²) in [4.78, 5) is 151. The number of likely N-dealkylation sites (tertiary alicyclic amines) is 3. The minimum Gasteiger partial charge on any atom is -0.385 e. The van der Waals surface area contributed by atoms with Crippen LogP contribution in [0.25, 0.3) is 0 Å². The summed E-state index contributed by atoms with van der Waals surface area (Å²) < 4.78 is 15.6. The van der Waals surface area contributed by atoms with Crippen LogP contribution >= 0.6 is 0 Å². The second-order valence-corrected chi connectivity index (χ2v) is 28.5. The third kappa shape index (κ3) is 18.5. The van der Waals surface area contributed by atoms with Crippen molar-refractivity contribution in [1.29, 1.82) is 15.8 Å². The second-order valence-electron chi connectivity index (χ2n) is 28.5. The molecule has 3 N–H and O–H groups in total. The summed E-state index contributed by atoms with van der Waals surface area (Å²) in [6, 6.07) is 16.0. The van der Waals surface area contributed by atoms with Crippen molar-refractivity contribution < 1.29 is 57.4 Å². The number of urea groups is 3. The maximum absolute atomic E-state index is 13.4. The van der Waals surface area contributed by atoms with Gasteiger partial charge in [-0.15, -0.1) is 0 Å². The molecule has 7 aliphatic rings. The number of carbonyl (C=O) groups is 9. The van der Waals surface area contributed by atoms with Crippen LogP contribution in [0.2, 0.25) is 0 Å². The number of methoxy groups -OCH3 is 3. The number of rotatable bonds is 22. The smallest absolute Gasteiger partial charge is 0.328 e. The van der Waals surface area contributed by atoms with Crippen molar-refractivity contribution in [2.24, 2.45) is 17.8 Å². The lowest BCUT2D eigenvalue weighted by atomic mass is 10.0. The summed E-state index contributed by atoms with van der Waals surface area (Å²) in [5.41, 5.74) is 9.02. The molecule has 4 atom stereocenters. The molecule has 4 fully saturated rings. The fourth-order valence-corrected chi connectivity index (χ4v) is 14.8. The summed E-state index contributed by atoms with van der Waals surface area (Å²) in [5.74, 6) is 2.56. The fraction of sp³-hybridized carbons (Fsp3) is 0.468. The van der Waals surface area contributed by atoms with Gasteiger partial charge in [-0.25, -0.2) is 44.3 Å². The molecule has 31 heteroatoms. The Morgan fingerprint density at radius 3 is 1.15 bits per heavy atom. The van der Waals surface area contributed by atoms with Gasteiger partial charge in [-0.2, -0.15) is 15.8 Å². The molecule has 0 saturated carbocycles. The van der Waals surface area contributed by atoms with E-state index in [0.29, 0.717) is 184 Å². The Labute approximate surface area is 638 Å². The van der Waals surface area contributed by atoms with Gasteiger partial charge in [0.1, 0.15) is 70.2 Å². The van der Waals surface area contributed by atoms with Gasteiger partial charge < -0.3 is 33.8 Å². The number of pyridine rings is 6. The van der Waals surface area contributed by atoms with E-state index in [-0.39, 0.29) is 58.7 Å². The SMILES string of the molecule is COCCCc1cc(NC(=O)N2CCCc3cc(CN4CC[C@@H](C)C4=O)c(C=O)nc32)ncc1C#N.COCCCc1cc(NC(=O)N2CCCc3cc(CN4CC[C@H](C)C4=O)c(C=O)nc32)ncc1C#N.CO[C@H]1CCN(c2cc(NC(=O)N3CCCc4cc(CN5CC[C@H](C)C5=O)c(C=O)nc43)ncc2C#N)C1. The Kier molecular flexibility index (Phi) is 26.6. The molecule has 0 bridgehead atoms. The van der Waals surface area contributed by atoms with Crippen molar-refractivity contribution in [2.45, 2.75) is 136 Å². The van der Waals surface area contributed by atoms with Gasteiger partial charge in [0, 0.05) is 166 Å². The van der Waals surface area contributed by atoms with Crippen molar-refractivity contribution in [1.82, 2.24) is 44.6 Å². The van der Waals surface area contributed by atoms with Gasteiger partial charge in [-0.3, -0.25) is 59.4 Å². The van der Waals surface area contributed by atoms with Crippen LogP contribution in [-0.4, -0.2) is 192 Å². The number of ether oxygens (including phenoxy) is 3. The lowest BCUT2D eigenvalue weighted by Crippen LogP contribution is -2.40. The topological polar surface area (TPSA) is 389 Å². The Balaban J connectivity index is 0.000000164. The Bertz CT molecular complexity index is 4440. The molecule has 0 spiro atoms. The first-order valence-corrected chi connectivity index (χ1v) is 37.3. The van der Waals surface area contributed by atoms with Crippen LogP contribution in [0.5, 0.6) is 0 Å². The maximum atomic E-state index is 13.4. The van der Waals surface area contributed by atoms with Gasteiger partial charge in [0.25, 0.3) is 0 Å². The molecular weight excluding hydrogens is 1410 g/mol. The number of nitrogens with zero attached hydrogens (tertiary/aromatic N) is 16. The molecule has 0 radical (unpaired) electrons. The first-order valence-electron chi connectivity index (χ1n) is 37.3. The number of carbonyl (C=O) groups excluding carboxylic acids is 9. The van der Waals surface area contributed by atoms with Crippen LogP contribution in [0.3, 0.4) is 0 Å². The van der Waals surface area contributed by atoms with E-state index in [1.807, 2.05) is 39.0 Å². The van der Waals surface area contributed by atoms with E-state index < -0.39 is 18.1 Å².